The van der Waals surface area contributed by atoms with Gasteiger partial charge in [0.05, 0.1) is 11.6 Å². The third-order valence-corrected chi connectivity index (χ3v) is 6.94. The molecule has 1 aliphatic heterocycles. The summed E-state index contributed by atoms with van der Waals surface area (Å²) in [5.41, 5.74) is -0.668. The molecule has 2 heterocycles. The van der Waals surface area contributed by atoms with E-state index in [1.165, 1.54) is 41.3 Å². The number of aliphatic hydroxyl groups is 1. The highest BCUT2D eigenvalue weighted by Gasteiger charge is 2.37. The molecule has 7 nitrogen and oxygen atoms in total. The highest BCUT2D eigenvalue weighted by molar-refractivity contribution is 8.01. The Hall–Kier alpha value is -1.58. The quantitative estimate of drug-likeness (QED) is 0.435. The van der Waals surface area contributed by atoms with Crippen molar-refractivity contribution in [1.29, 1.82) is 0 Å². The second-order valence-corrected chi connectivity index (χ2v) is 9.90. The van der Waals surface area contributed by atoms with E-state index >= 15 is 0 Å². The van der Waals surface area contributed by atoms with Crippen LogP contribution in [0, 0.1) is 5.92 Å². The number of amides is 1. The van der Waals surface area contributed by atoms with E-state index in [9.17, 15) is 14.7 Å². The van der Waals surface area contributed by atoms with Crippen LogP contribution in [-0.2, 0) is 4.74 Å². The smallest absolute Gasteiger partial charge is 0.410 e. The molecule has 1 unspecified atom stereocenters. The number of carbonyl (C=O) groups is 2. The van der Waals surface area contributed by atoms with E-state index in [2.05, 4.69) is 4.98 Å². The average molecular weight is 427 g/mol. The summed E-state index contributed by atoms with van der Waals surface area (Å²) in [7, 11) is 0. The van der Waals surface area contributed by atoms with E-state index in [0.29, 0.717) is 29.0 Å². The van der Waals surface area contributed by atoms with E-state index in [1.807, 2.05) is 26.0 Å². The number of hydrogen-bond donors (Lipinski definition) is 2. The minimum atomic E-state index is -1.04. The fourth-order valence-electron chi connectivity index (χ4n) is 3.31. The highest BCUT2D eigenvalue weighted by atomic mass is 32.2. The molecule has 0 radical (unpaired) electrons. The fraction of sp³-hybridized carbons (Fsp3) is 0.632. The van der Waals surface area contributed by atoms with Crippen LogP contribution in [0.25, 0.3) is 0 Å². The largest absolute Gasteiger partial charge is 0.476 e. The summed E-state index contributed by atoms with van der Waals surface area (Å²) in [6.07, 6.45) is 7.10. The van der Waals surface area contributed by atoms with Gasteiger partial charge >= 0.3 is 12.1 Å². The molecule has 3 atom stereocenters. The minimum absolute atomic E-state index is 0.0424. The number of carbonyl (C=O) groups excluding carboxylic acids is 1. The van der Waals surface area contributed by atoms with Crippen LogP contribution in [0.3, 0.4) is 0 Å². The zero-order valence-electron chi connectivity index (χ0n) is 16.0. The second-order valence-electron chi connectivity index (χ2n) is 7.70. The summed E-state index contributed by atoms with van der Waals surface area (Å²) in [5, 5.41) is 20.9. The molecule has 1 aromatic rings. The predicted molar refractivity (Wildman–Crippen MR) is 108 cm³/mol. The zero-order chi connectivity index (χ0) is 20.3. The van der Waals surface area contributed by atoms with E-state index in [4.69, 9.17) is 9.84 Å². The maximum absolute atomic E-state index is 12.2. The normalized spacial score (nSPS) is 24.5. The molecule has 0 aromatic carbocycles. The van der Waals surface area contributed by atoms with Gasteiger partial charge < -0.3 is 14.9 Å². The van der Waals surface area contributed by atoms with Gasteiger partial charge in [-0.2, -0.15) is 0 Å². The molecule has 1 aromatic heterocycles. The van der Waals surface area contributed by atoms with Gasteiger partial charge in [-0.15, -0.1) is 11.3 Å². The van der Waals surface area contributed by atoms with Crippen LogP contribution >= 0.6 is 23.1 Å². The number of rotatable bonds is 10. The summed E-state index contributed by atoms with van der Waals surface area (Å²) in [6.45, 7) is 4.20. The van der Waals surface area contributed by atoms with E-state index in [1.54, 1.807) is 4.90 Å². The van der Waals surface area contributed by atoms with Crippen LogP contribution in [0.15, 0.2) is 21.9 Å². The standard InChI is InChI=1S/C19H26N2O5S2/c1-12-15(4-3-7-19(2,25)10-13-5-6-13)21(18(24)26-12)8-9-27-17-20-14(11-28-17)16(22)23/h3-4,11-13,15,25H,5-10H2,1-2H3,(H,22,23)/t12-,15-,19?/m0/s1. The van der Waals surface area contributed by atoms with Gasteiger partial charge in [-0.3, -0.25) is 4.90 Å². The van der Waals surface area contributed by atoms with Crippen molar-refractivity contribution in [2.45, 2.75) is 61.6 Å². The third-order valence-electron chi connectivity index (χ3n) is 4.94. The zero-order valence-corrected chi connectivity index (χ0v) is 17.7. The van der Waals surface area contributed by atoms with Crippen LogP contribution in [0.5, 0.6) is 0 Å². The summed E-state index contributed by atoms with van der Waals surface area (Å²) in [6, 6.07) is -0.171. The first kappa shape index (κ1) is 21.1. The number of carboxylic acids is 1. The van der Waals surface area contributed by atoms with Crippen molar-refractivity contribution in [1.82, 2.24) is 9.88 Å². The molecule has 9 heteroatoms. The molecule has 2 N–H and O–H groups in total. The molecule has 0 spiro atoms. The topological polar surface area (TPSA) is 100.0 Å². The Morgan fingerprint density at radius 1 is 1.54 bits per heavy atom. The molecular formula is C19H26N2O5S2. The Kier molecular flexibility index (Phi) is 6.67. The summed E-state index contributed by atoms with van der Waals surface area (Å²) < 4.78 is 6.02. The van der Waals surface area contributed by atoms with Crippen LogP contribution in [0.4, 0.5) is 4.79 Å². The molecule has 154 valence electrons. The van der Waals surface area contributed by atoms with Crippen LogP contribution in [0.1, 0.15) is 50.0 Å². The van der Waals surface area contributed by atoms with Gasteiger partial charge in [0.15, 0.2) is 10.0 Å². The maximum atomic E-state index is 12.2. The lowest BCUT2D eigenvalue weighted by Crippen LogP contribution is -2.36. The SMILES string of the molecule is C[C@@H]1OC(=O)N(CCSc2nc(C(=O)O)cs2)[C@H]1C=CCC(C)(O)CC1CC1. The van der Waals surface area contributed by atoms with E-state index < -0.39 is 11.6 Å². The fourth-order valence-corrected chi connectivity index (χ4v) is 5.12. The van der Waals surface area contributed by atoms with Crippen molar-refractivity contribution < 1.29 is 24.5 Å². The van der Waals surface area contributed by atoms with Gasteiger partial charge in [0, 0.05) is 17.7 Å². The number of nitrogens with zero attached hydrogens (tertiary/aromatic N) is 2. The van der Waals surface area contributed by atoms with Gasteiger partial charge in [0.2, 0.25) is 0 Å². The monoisotopic (exact) mass is 426 g/mol. The first-order chi connectivity index (χ1) is 13.2. The molecule has 1 saturated heterocycles. The van der Waals surface area contributed by atoms with Crippen molar-refractivity contribution >= 4 is 35.2 Å². The number of cyclic esters (lactones) is 1. The first-order valence-corrected chi connectivity index (χ1v) is 11.3. The maximum Gasteiger partial charge on any atom is 0.410 e. The van der Waals surface area contributed by atoms with Crippen LogP contribution in [0.2, 0.25) is 0 Å². The predicted octanol–water partition coefficient (Wildman–Crippen LogP) is 3.64. The molecule has 1 aliphatic carbocycles. The Morgan fingerprint density at radius 2 is 2.29 bits per heavy atom. The van der Waals surface area contributed by atoms with Gasteiger partial charge in [0.25, 0.3) is 0 Å². The molecule has 3 rings (SSSR count). The molecule has 2 fully saturated rings. The highest BCUT2D eigenvalue weighted by Crippen LogP contribution is 2.38. The molecule has 1 saturated carbocycles. The summed E-state index contributed by atoms with van der Waals surface area (Å²) in [5.74, 6) is 0.209. The Balaban J connectivity index is 1.51. The van der Waals surface area contributed by atoms with Crippen molar-refractivity contribution in [2.24, 2.45) is 5.92 Å². The van der Waals surface area contributed by atoms with E-state index in [-0.39, 0.29) is 23.9 Å². The number of carboxylic acid groups (broad SMARTS) is 1. The number of hydrogen-bond acceptors (Lipinski definition) is 7. The Bertz CT molecular complexity index is 744. The van der Waals surface area contributed by atoms with Crippen molar-refractivity contribution in [3.63, 3.8) is 0 Å². The number of aromatic nitrogens is 1. The van der Waals surface area contributed by atoms with Crippen molar-refractivity contribution in [2.75, 3.05) is 12.3 Å². The van der Waals surface area contributed by atoms with Crippen molar-refractivity contribution in [3.05, 3.63) is 23.2 Å². The second kappa shape index (κ2) is 8.84. The molecular weight excluding hydrogens is 400 g/mol. The Morgan fingerprint density at radius 3 is 2.93 bits per heavy atom. The minimum Gasteiger partial charge on any atom is -0.476 e. The first-order valence-electron chi connectivity index (χ1n) is 9.43. The molecule has 0 bridgehead atoms. The van der Waals surface area contributed by atoms with Gasteiger partial charge in [0.1, 0.15) is 6.10 Å². The number of ether oxygens (including phenoxy) is 1. The molecule has 2 aliphatic rings. The van der Waals surface area contributed by atoms with Gasteiger partial charge in [-0.05, 0) is 32.6 Å². The molecule has 28 heavy (non-hydrogen) atoms. The summed E-state index contributed by atoms with van der Waals surface area (Å²) >= 11 is 2.71. The lowest BCUT2D eigenvalue weighted by molar-refractivity contribution is 0.0480. The lowest BCUT2D eigenvalue weighted by Gasteiger charge is -2.23. The average Bonchev–Trinajstić information content (AvgIpc) is 3.19. The summed E-state index contributed by atoms with van der Waals surface area (Å²) in [4.78, 5) is 28.8. The molecule has 1 amide bonds. The Labute approximate surface area is 172 Å². The number of thiazole rings is 1. The van der Waals surface area contributed by atoms with Crippen LogP contribution in [-0.4, -0.2) is 62.2 Å². The number of thioether (sulfide) groups is 1. The van der Waals surface area contributed by atoms with Gasteiger partial charge in [-0.25, -0.2) is 14.6 Å². The third kappa shape index (κ3) is 5.71. The van der Waals surface area contributed by atoms with Crippen LogP contribution < -0.4 is 0 Å². The number of aromatic carboxylic acids is 1. The van der Waals surface area contributed by atoms with E-state index in [0.717, 1.165) is 6.42 Å². The van der Waals surface area contributed by atoms with Crippen molar-refractivity contribution in [3.8, 4) is 0 Å². The lowest BCUT2D eigenvalue weighted by atomic mass is 9.94. The van der Waals surface area contributed by atoms with Gasteiger partial charge in [-0.1, -0.05) is 36.8 Å².